The highest BCUT2D eigenvalue weighted by molar-refractivity contribution is 5.87. The van der Waals surface area contributed by atoms with Gasteiger partial charge in [0.25, 0.3) is 0 Å². The maximum Gasteiger partial charge on any atom is 0.171 e. The molecular formula is C30H40O4. The monoisotopic (exact) mass is 464 g/mol. The van der Waals surface area contributed by atoms with E-state index in [1.165, 1.54) is 11.1 Å². The number of fused-ring (bicyclic) bond motifs is 4. The number of ketones is 1. The number of benzene rings is 1. The molecule has 5 fully saturated rings. The second-order valence-electron chi connectivity index (χ2n) is 13.9. The van der Waals surface area contributed by atoms with E-state index in [-0.39, 0.29) is 16.2 Å². The summed E-state index contributed by atoms with van der Waals surface area (Å²) in [5, 5.41) is 12.6. The van der Waals surface area contributed by atoms with Crippen molar-refractivity contribution in [1.29, 1.82) is 0 Å². The summed E-state index contributed by atoms with van der Waals surface area (Å²) >= 11 is 0. The van der Waals surface area contributed by atoms with Crippen molar-refractivity contribution in [2.75, 3.05) is 13.2 Å². The Labute approximate surface area is 203 Å². The highest BCUT2D eigenvalue weighted by Crippen LogP contribution is 2.73. The van der Waals surface area contributed by atoms with Crippen LogP contribution in [0.5, 0.6) is 0 Å². The van der Waals surface area contributed by atoms with Crippen LogP contribution in [-0.4, -0.2) is 35.5 Å². The SMILES string of the molecule is CC1(C)COC2(CC[C@@]34Cc5ccccc5C5C[C@]6(C)C(=O)CC[C@H]6[C@H](CC[C@@]3(O)C2)C54)OC1. The van der Waals surface area contributed by atoms with E-state index in [0.717, 1.165) is 51.4 Å². The lowest BCUT2D eigenvalue weighted by Gasteiger charge is -2.69. The number of Topliss-reactive ketones (excluding diaryl/α,β-unsaturated/α-hetero) is 1. The Balaban J connectivity index is 1.33. The molecule has 1 heterocycles. The molecule has 6 aliphatic rings. The van der Waals surface area contributed by atoms with Gasteiger partial charge in [-0.3, -0.25) is 4.79 Å². The lowest BCUT2D eigenvalue weighted by Crippen LogP contribution is -2.70. The van der Waals surface area contributed by atoms with Crippen molar-refractivity contribution in [3.63, 3.8) is 0 Å². The molecule has 1 saturated heterocycles. The average Bonchev–Trinajstić information content (AvgIpc) is 3.11. The maximum absolute atomic E-state index is 13.2. The molecule has 4 heteroatoms. The summed E-state index contributed by atoms with van der Waals surface area (Å²) in [6, 6.07) is 8.94. The molecule has 1 aromatic rings. The summed E-state index contributed by atoms with van der Waals surface area (Å²) in [5.41, 5.74) is 1.77. The molecule has 0 amide bonds. The minimum Gasteiger partial charge on any atom is -0.389 e. The molecule has 1 aliphatic heterocycles. The van der Waals surface area contributed by atoms with Crippen molar-refractivity contribution in [3.8, 4) is 0 Å². The summed E-state index contributed by atoms with van der Waals surface area (Å²) in [6.07, 6.45) is 7.95. The largest absolute Gasteiger partial charge is 0.389 e. The van der Waals surface area contributed by atoms with Crippen LogP contribution in [0.1, 0.15) is 89.2 Å². The Morgan fingerprint density at radius 2 is 1.76 bits per heavy atom. The predicted molar refractivity (Wildman–Crippen MR) is 129 cm³/mol. The van der Waals surface area contributed by atoms with Crippen molar-refractivity contribution >= 4 is 5.78 Å². The van der Waals surface area contributed by atoms with E-state index in [0.29, 0.717) is 49.1 Å². The first kappa shape index (κ1) is 22.0. The van der Waals surface area contributed by atoms with Crippen molar-refractivity contribution in [3.05, 3.63) is 35.4 Å². The Hall–Kier alpha value is -1.23. The van der Waals surface area contributed by atoms with Gasteiger partial charge in [-0.15, -0.1) is 0 Å². The molecule has 2 spiro atoms. The van der Waals surface area contributed by atoms with Crippen LogP contribution in [0.3, 0.4) is 0 Å². The molecule has 0 aromatic heterocycles. The zero-order valence-electron chi connectivity index (χ0n) is 21.1. The van der Waals surface area contributed by atoms with Gasteiger partial charge in [0.05, 0.1) is 18.8 Å². The quantitative estimate of drug-likeness (QED) is 0.558. The molecule has 1 aromatic carbocycles. The fourth-order valence-electron chi connectivity index (χ4n) is 9.99. The van der Waals surface area contributed by atoms with E-state index >= 15 is 0 Å². The number of rotatable bonds is 0. The Morgan fingerprint density at radius 3 is 2.56 bits per heavy atom. The molecule has 7 rings (SSSR count). The summed E-state index contributed by atoms with van der Waals surface area (Å²) in [4.78, 5) is 13.2. The molecule has 2 unspecified atom stereocenters. The normalized spacial score (nSPS) is 47.9. The highest BCUT2D eigenvalue weighted by Gasteiger charge is 2.72. The van der Waals surface area contributed by atoms with Gasteiger partial charge in [-0.2, -0.15) is 0 Å². The molecule has 1 N–H and O–H groups in total. The Morgan fingerprint density at radius 1 is 1.00 bits per heavy atom. The lowest BCUT2D eigenvalue weighted by molar-refractivity contribution is -0.357. The molecule has 4 saturated carbocycles. The van der Waals surface area contributed by atoms with Crippen LogP contribution in [-0.2, 0) is 20.7 Å². The van der Waals surface area contributed by atoms with E-state index in [2.05, 4.69) is 45.0 Å². The second kappa shape index (κ2) is 6.75. The molecule has 5 aliphatic carbocycles. The highest BCUT2D eigenvalue weighted by atomic mass is 16.7. The van der Waals surface area contributed by atoms with Crippen molar-refractivity contribution in [1.82, 2.24) is 0 Å². The molecule has 7 atom stereocenters. The first-order chi connectivity index (χ1) is 16.1. The van der Waals surface area contributed by atoms with Crippen molar-refractivity contribution in [2.24, 2.45) is 34.0 Å². The molecule has 34 heavy (non-hydrogen) atoms. The molecule has 0 bridgehead atoms. The fourth-order valence-corrected chi connectivity index (χ4v) is 9.99. The number of ether oxygens (including phenoxy) is 2. The van der Waals surface area contributed by atoms with Crippen LogP contribution < -0.4 is 0 Å². The smallest absolute Gasteiger partial charge is 0.171 e. The third kappa shape index (κ3) is 2.69. The molecule has 0 radical (unpaired) electrons. The molecular weight excluding hydrogens is 424 g/mol. The molecule has 4 nitrogen and oxygen atoms in total. The number of aliphatic hydroxyl groups is 1. The standard InChI is InChI=1S/C30H40O4/c1-26(2)17-33-30(34-18-26)13-12-28-14-19-6-4-5-7-20(19)22-15-27(3)23(8-9-24(27)31)21(25(22)28)10-11-29(28,32)16-30/h4-7,21-23,25,32H,8-18H2,1-3H3/t21-,22?,23-,25?,27-,28-,29+/m0/s1. The minimum absolute atomic E-state index is 0.0262. The zero-order chi connectivity index (χ0) is 23.6. The van der Waals surface area contributed by atoms with Crippen LogP contribution in [0.2, 0.25) is 0 Å². The van der Waals surface area contributed by atoms with E-state index < -0.39 is 11.4 Å². The van der Waals surface area contributed by atoms with Gasteiger partial charge in [0.2, 0.25) is 0 Å². The Bertz CT molecular complexity index is 1040. The van der Waals surface area contributed by atoms with Crippen LogP contribution in [0, 0.1) is 34.0 Å². The summed E-state index contributed by atoms with van der Waals surface area (Å²) in [6.45, 7) is 8.03. The zero-order valence-corrected chi connectivity index (χ0v) is 21.1. The third-order valence-corrected chi connectivity index (χ3v) is 11.6. The van der Waals surface area contributed by atoms with Crippen molar-refractivity contribution < 1.29 is 19.4 Å². The van der Waals surface area contributed by atoms with E-state index in [4.69, 9.17) is 9.47 Å². The van der Waals surface area contributed by atoms with E-state index in [1.807, 2.05) is 0 Å². The first-order valence-electron chi connectivity index (χ1n) is 13.7. The lowest BCUT2D eigenvalue weighted by atomic mass is 9.37. The Kier molecular flexibility index (Phi) is 4.37. The van der Waals surface area contributed by atoms with Gasteiger partial charge in [-0.25, -0.2) is 0 Å². The average molecular weight is 465 g/mol. The van der Waals surface area contributed by atoms with Crippen LogP contribution in [0.4, 0.5) is 0 Å². The van der Waals surface area contributed by atoms with Gasteiger partial charge >= 0.3 is 0 Å². The maximum atomic E-state index is 13.2. The first-order valence-corrected chi connectivity index (χ1v) is 13.7. The molecule has 184 valence electrons. The van der Waals surface area contributed by atoms with Gasteiger partial charge in [0.1, 0.15) is 5.78 Å². The van der Waals surface area contributed by atoms with Gasteiger partial charge < -0.3 is 14.6 Å². The van der Waals surface area contributed by atoms with E-state index in [9.17, 15) is 9.90 Å². The second-order valence-corrected chi connectivity index (χ2v) is 13.9. The number of carbonyl (C=O) groups is 1. The topological polar surface area (TPSA) is 55.8 Å². The third-order valence-electron chi connectivity index (χ3n) is 11.6. The van der Waals surface area contributed by atoms with Crippen LogP contribution in [0.15, 0.2) is 24.3 Å². The minimum atomic E-state index is -0.782. The summed E-state index contributed by atoms with van der Waals surface area (Å²) in [7, 11) is 0. The summed E-state index contributed by atoms with van der Waals surface area (Å²) in [5.74, 6) is 1.68. The predicted octanol–water partition coefficient (Wildman–Crippen LogP) is 5.41. The van der Waals surface area contributed by atoms with Crippen LogP contribution >= 0.6 is 0 Å². The van der Waals surface area contributed by atoms with Gasteiger partial charge in [-0.1, -0.05) is 45.0 Å². The van der Waals surface area contributed by atoms with Gasteiger partial charge in [-0.05, 0) is 73.3 Å². The van der Waals surface area contributed by atoms with E-state index in [1.54, 1.807) is 0 Å². The number of carbonyl (C=O) groups excluding carboxylic acids is 1. The number of hydrogen-bond donors (Lipinski definition) is 1. The fraction of sp³-hybridized carbons (Fsp3) is 0.767. The summed E-state index contributed by atoms with van der Waals surface area (Å²) < 4.78 is 12.9. The van der Waals surface area contributed by atoms with Gasteiger partial charge in [0.15, 0.2) is 5.79 Å². The van der Waals surface area contributed by atoms with Crippen LogP contribution in [0.25, 0.3) is 0 Å². The van der Waals surface area contributed by atoms with Gasteiger partial charge in [0, 0.05) is 35.5 Å². The number of hydrogen-bond acceptors (Lipinski definition) is 4. The van der Waals surface area contributed by atoms with Crippen molar-refractivity contribution in [2.45, 2.75) is 95.9 Å².